The molecule has 0 amide bonds. The number of aromatic nitrogens is 2. The third kappa shape index (κ3) is 7.31. The van der Waals surface area contributed by atoms with Crippen LogP contribution in [0.2, 0.25) is 0 Å². The molecule has 34 heavy (non-hydrogen) atoms. The average molecular weight is 544 g/mol. The first kappa shape index (κ1) is 26.2. The quantitative estimate of drug-likeness (QED) is 0.236. The highest BCUT2D eigenvalue weighted by Crippen LogP contribution is 2.31. The Kier molecular flexibility index (Phi) is 8.09. The van der Waals surface area contributed by atoms with Crippen molar-refractivity contribution < 1.29 is 14.3 Å². The van der Waals surface area contributed by atoms with Crippen LogP contribution in [0, 0.1) is 5.92 Å². The molecule has 0 fully saturated rings. The van der Waals surface area contributed by atoms with Gasteiger partial charge >= 0.3 is 5.97 Å². The molecule has 0 unspecified atom stereocenters. The molecule has 0 saturated carbocycles. The standard InChI is InChI=1S/C27H31BrN2O3S/c1-26(2,3)23-12-11-22(34-23)21(31)14-19(25(32)33-27(4,5)6)13-17-7-9-18(10-8-17)24-29-15-20(28)16-30-24/h7-12,15-16,19H,13-14H2,1-6H3/t19-/m1/s1. The number of benzene rings is 1. The topological polar surface area (TPSA) is 69.2 Å². The molecule has 0 aliphatic carbocycles. The van der Waals surface area contributed by atoms with Crippen molar-refractivity contribution in [3.05, 3.63) is 68.6 Å². The number of nitrogens with zero attached hydrogens (tertiary/aromatic N) is 2. The molecule has 1 atom stereocenters. The number of rotatable bonds is 7. The lowest BCUT2D eigenvalue weighted by atomic mass is 9.93. The van der Waals surface area contributed by atoms with E-state index in [4.69, 9.17) is 4.74 Å². The van der Waals surface area contributed by atoms with Crippen LogP contribution in [0.1, 0.15) is 68.1 Å². The summed E-state index contributed by atoms with van der Waals surface area (Å²) in [7, 11) is 0. The largest absolute Gasteiger partial charge is 0.460 e. The van der Waals surface area contributed by atoms with Gasteiger partial charge in [0.15, 0.2) is 11.6 Å². The Bertz CT molecular complexity index is 1140. The normalized spacial score (nSPS) is 12.9. The first-order valence-electron chi connectivity index (χ1n) is 11.2. The Hall–Kier alpha value is -2.38. The van der Waals surface area contributed by atoms with E-state index in [0.29, 0.717) is 17.1 Å². The summed E-state index contributed by atoms with van der Waals surface area (Å²) in [4.78, 5) is 36.6. The van der Waals surface area contributed by atoms with Gasteiger partial charge in [0.05, 0.1) is 15.3 Å². The van der Waals surface area contributed by atoms with Crippen molar-refractivity contribution in [2.45, 2.75) is 65.4 Å². The molecule has 2 aromatic heterocycles. The molecule has 0 spiro atoms. The van der Waals surface area contributed by atoms with Gasteiger partial charge in [0.2, 0.25) is 0 Å². The van der Waals surface area contributed by atoms with Crippen molar-refractivity contribution in [3.63, 3.8) is 0 Å². The Morgan fingerprint density at radius 3 is 2.12 bits per heavy atom. The minimum atomic E-state index is -0.622. The van der Waals surface area contributed by atoms with Crippen LogP contribution in [0.15, 0.2) is 53.3 Å². The van der Waals surface area contributed by atoms with Crippen molar-refractivity contribution in [2.75, 3.05) is 0 Å². The van der Waals surface area contributed by atoms with E-state index < -0.39 is 11.5 Å². The number of ketones is 1. The van der Waals surface area contributed by atoms with Gasteiger partial charge in [-0.1, -0.05) is 45.0 Å². The molecule has 0 saturated heterocycles. The molecule has 0 bridgehead atoms. The van der Waals surface area contributed by atoms with Gasteiger partial charge in [0, 0.05) is 29.3 Å². The number of hydrogen-bond acceptors (Lipinski definition) is 6. The van der Waals surface area contributed by atoms with Gasteiger partial charge in [-0.2, -0.15) is 0 Å². The Morgan fingerprint density at radius 1 is 0.971 bits per heavy atom. The second-order valence-corrected chi connectivity index (χ2v) is 12.4. The van der Waals surface area contributed by atoms with Gasteiger partial charge in [0.1, 0.15) is 5.60 Å². The number of thiophene rings is 1. The zero-order valence-corrected chi connectivity index (χ0v) is 22.9. The molecule has 3 aromatic rings. The number of halogens is 1. The van der Waals surface area contributed by atoms with Gasteiger partial charge < -0.3 is 4.74 Å². The fourth-order valence-electron chi connectivity index (χ4n) is 3.37. The molecule has 0 radical (unpaired) electrons. The SMILES string of the molecule is CC(C)(C)OC(=O)[C@@H](CC(=O)c1ccc(C(C)(C)C)s1)Cc1ccc(-c2ncc(Br)cn2)cc1. The van der Waals surface area contributed by atoms with Crippen LogP contribution in [-0.4, -0.2) is 27.3 Å². The predicted octanol–water partition coefficient (Wildman–Crippen LogP) is 7.04. The fourth-order valence-corrected chi connectivity index (χ4v) is 4.59. The van der Waals surface area contributed by atoms with Crippen LogP contribution >= 0.6 is 27.3 Å². The summed E-state index contributed by atoms with van der Waals surface area (Å²) >= 11 is 4.85. The van der Waals surface area contributed by atoms with Gasteiger partial charge in [-0.05, 0) is 66.2 Å². The highest BCUT2D eigenvalue weighted by atomic mass is 79.9. The molecule has 1 aromatic carbocycles. The summed E-state index contributed by atoms with van der Waals surface area (Å²) in [5.41, 5.74) is 1.19. The monoisotopic (exact) mass is 542 g/mol. The molecule has 0 N–H and O–H groups in total. The summed E-state index contributed by atoms with van der Waals surface area (Å²) in [6.45, 7) is 11.9. The summed E-state index contributed by atoms with van der Waals surface area (Å²) in [5, 5.41) is 0. The third-order valence-electron chi connectivity index (χ3n) is 5.11. The summed E-state index contributed by atoms with van der Waals surface area (Å²) in [6, 6.07) is 11.6. The van der Waals surface area contributed by atoms with Gasteiger partial charge in [-0.15, -0.1) is 11.3 Å². The highest BCUT2D eigenvalue weighted by Gasteiger charge is 2.29. The van der Waals surface area contributed by atoms with Crippen LogP contribution in [0.3, 0.4) is 0 Å². The smallest absolute Gasteiger partial charge is 0.310 e. The third-order valence-corrected chi connectivity index (χ3v) is 7.07. The van der Waals surface area contributed by atoms with Crippen LogP contribution in [-0.2, 0) is 21.4 Å². The molecular formula is C27H31BrN2O3S. The molecule has 2 heterocycles. The molecule has 180 valence electrons. The van der Waals surface area contributed by atoms with Crippen molar-refractivity contribution in [1.82, 2.24) is 9.97 Å². The maximum absolute atomic E-state index is 13.1. The number of carbonyl (C=O) groups is 2. The van der Waals surface area contributed by atoms with E-state index in [1.807, 2.05) is 57.2 Å². The Balaban J connectivity index is 1.79. The summed E-state index contributed by atoms with van der Waals surface area (Å²) in [5.74, 6) is -0.326. The number of Topliss-reactive ketones (excluding diaryl/α,β-unsaturated/α-hetero) is 1. The summed E-state index contributed by atoms with van der Waals surface area (Å²) < 4.78 is 6.48. The van der Waals surface area contributed by atoms with E-state index >= 15 is 0 Å². The van der Waals surface area contributed by atoms with Crippen LogP contribution < -0.4 is 0 Å². The molecule has 0 aliphatic rings. The number of ether oxygens (including phenoxy) is 1. The molecule has 5 nitrogen and oxygen atoms in total. The van der Waals surface area contributed by atoms with Gasteiger partial charge in [0.25, 0.3) is 0 Å². The molecule has 0 aliphatic heterocycles. The van der Waals surface area contributed by atoms with Crippen molar-refractivity contribution in [3.8, 4) is 11.4 Å². The lowest BCUT2D eigenvalue weighted by Crippen LogP contribution is -2.31. The van der Waals surface area contributed by atoms with Crippen LogP contribution in [0.4, 0.5) is 0 Å². The lowest BCUT2D eigenvalue weighted by Gasteiger charge is -2.24. The fraction of sp³-hybridized carbons (Fsp3) is 0.407. The number of esters is 1. The minimum Gasteiger partial charge on any atom is -0.460 e. The average Bonchev–Trinajstić information content (AvgIpc) is 3.24. The zero-order chi connectivity index (χ0) is 25.1. The molecular weight excluding hydrogens is 512 g/mol. The number of hydrogen-bond donors (Lipinski definition) is 0. The van der Waals surface area contributed by atoms with Gasteiger partial charge in [-0.25, -0.2) is 9.97 Å². The van der Waals surface area contributed by atoms with E-state index in [9.17, 15) is 9.59 Å². The van der Waals surface area contributed by atoms with Crippen LogP contribution in [0.25, 0.3) is 11.4 Å². The van der Waals surface area contributed by atoms with Crippen molar-refractivity contribution in [2.24, 2.45) is 5.92 Å². The van der Waals surface area contributed by atoms with E-state index in [-0.39, 0.29) is 23.6 Å². The van der Waals surface area contributed by atoms with Crippen molar-refractivity contribution >= 4 is 39.0 Å². The van der Waals surface area contributed by atoms with E-state index in [1.54, 1.807) is 12.4 Å². The lowest BCUT2D eigenvalue weighted by molar-refractivity contribution is -0.159. The molecule has 7 heteroatoms. The summed E-state index contributed by atoms with van der Waals surface area (Å²) in [6.07, 6.45) is 3.93. The van der Waals surface area contributed by atoms with Crippen molar-refractivity contribution in [1.29, 1.82) is 0 Å². The second kappa shape index (κ2) is 10.5. The van der Waals surface area contributed by atoms with Crippen LogP contribution in [0.5, 0.6) is 0 Å². The van der Waals surface area contributed by atoms with E-state index in [0.717, 1.165) is 20.5 Å². The Labute approximate surface area is 214 Å². The number of carbonyl (C=O) groups excluding carboxylic acids is 2. The van der Waals surface area contributed by atoms with E-state index in [1.165, 1.54) is 11.3 Å². The minimum absolute atomic E-state index is 0.0198. The maximum atomic E-state index is 13.1. The highest BCUT2D eigenvalue weighted by molar-refractivity contribution is 9.10. The second-order valence-electron chi connectivity index (χ2n) is 10.4. The zero-order valence-electron chi connectivity index (χ0n) is 20.5. The predicted molar refractivity (Wildman–Crippen MR) is 140 cm³/mol. The first-order chi connectivity index (χ1) is 15.8. The van der Waals surface area contributed by atoms with E-state index in [2.05, 4.69) is 46.7 Å². The van der Waals surface area contributed by atoms with Gasteiger partial charge in [-0.3, -0.25) is 9.59 Å². The maximum Gasteiger partial charge on any atom is 0.310 e. The first-order valence-corrected chi connectivity index (χ1v) is 12.9. The molecule has 3 rings (SSSR count). The Morgan fingerprint density at radius 2 is 1.59 bits per heavy atom.